The molecule has 0 radical (unpaired) electrons. The van der Waals surface area contributed by atoms with E-state index in [2.05, 4.69) is 36.2 Å². The Hall–Kier alpha value is -2.29. The highest BCUT2D eigenvalue weighted by Gasteiger charge is 2.26. The Labute approximate surface area is 131 Å². The van der Waals surface area contributed by atoms with Crippen molar-refractivity contribution < 1.29 is 9.53 Å². The number of nitrogens with zero attached hydrogens (tertiary/aromatic N) is 1. The van der Waals surface area contributed by atoms with E-state index in [1.165, 1.54) is 11.1 Å². The quantitative estimate of drug-likeness (QED) is 0.807. The first-order valence-corrected chi connectivity index (χ1v) is 7.65. The molecule has 2 aromatic rings. The minimum atomic E-state index is 0.0968. The molecule has 0 aliphatic heterocycles. The van der Waals surface area contributed by atoms with Gasteiger partial charge in [0.1, 0.15) is 11.5 Å². The van der Waals surface area contributed by atoms with Crippen molar-refractivity contribution in [2.24, 2.45) is 0 Å². The van der Waals surface area contributed by atoms with Crippen LogP contribution < -0.4 is 9.64 Å². The van der Waals surface area contributed by atoms with Crippen molar-refractivity contribution in [3.8, 4) is 5.75 Å². The predicted molar refractivity (Wildman–Crippen MR) is 88.5 cm³/mol. The number of fused-ring (bicyclic) bond motifs is 1. The van der Waals surface area contributed by atoms with E-state index < -0.39 is 0 Å². The molecule has 0 saturated carbocycles. The average molecular weight is 295 g/mol. The van der Waals surface area contributed by atoms with E-state index >= 15 is 0 Å². The maximum absolute atomic E-state index is 12.2. The summed E-state index contributed by atoms with van der Waals surface area (Å²) in [5.41, 5.74) is 3.65. The second-order valence-electron chi connectivity index (χ2n) is 5.77. The summed E-state index contributed by atoms with van der Waals surface area (Å²) < 4.78 is 5.22. The number of carbonyl (C=O) groups excluding carboxylic acids is 1. The number of carbonyl (C=O) groups is 1. The van der Waals surface area contributed by atoms with Crippen LogP contribution in [0.25, 0.3) is 0 Å². The number of methoxy groups -OCH3 is 1. The first-order chi connectivity index (χ1) is 10.7. The number of rotatable bonds is 3. The maximum Gasteiger partial charge on any atom is 0.135 e. The van der Waals surface area contributed by atoms with E-state index in [4.69, 9.17) is 4.74 Å². The van der Waals surface area contributed by atoms with Crippen LogP contribution in [0.4, 0.5) is 5.69 Å². The van der Waals surface area contributed by atoms with Gasteiger partial charge in [-0.3, -0.25) is 4.79 Å². The molecule has 1 unspecified atom stereocenters. The van der Waals surface area contributed by atoms with Gasteiger partial charge in [0.05, 0.1) is 13.2 Å². The van der Waals surface area contributed by atoms with Gasteiger partial charge in [-0.05, 0) is 41.8 Å². The third-order valence-corrected chi connectivity index (χ3v) is 4.46. The van der Waals surface area contributed by atoms with E-state index in [-0.39, 0.29) is 6.04 Å². The Balaban J connectivity index is 1.95. The monoisotopic (exact) mass is 295 g/mol. The molecule has 0 aromatic heterocycles. The van der Waals surface area contributed by atoms with E-state index in [1.54, 1.807) is 7.11 Å². The number of hydrogen-bond donors (Lipinski definition) is 0. The van der Waals surface area contributed by atoms with Gasteiger partial charge in [-0.15, -0.1) is 0 Å². The molecule has 2 aromatic carbocycles. The second kappa shape index (κ2) is 6.22. The minimum absolute atomic E-state index is 0.0968. The van der Waals surface area contributed by atoms with Gasteiger partial charge in [-0.2, -0.15) is 0 Å². The second-order valence-corrected chi connectivity index (χ2v) is 5.77. The van der Waals surface area contributed by atoms with Crippen LogP contribution in [0.2, 0.25) is 0 Å². The summed E-state index contributed by atoms with van der Waals surface area (Å²) in [6.45, 7) is 0. The van der Waals surface area contributed by atoms with Gasteiger partial charge in [0, 0.05) is 25.6 Å². The molecular weight excluding hydrogens is 274 g/mol. The van der Waals surface area contributed by atoms with Gasteiger partial charge in [0.15, 0.2) is 0 Å². The van der Waals surface area contributed by atoms with Crippen LogP contribution in [0, 0.1) is 0 Å². The number of aryl methyl sites for hydroxylation is 1. The average Bonchev–Trinajstić information content (AvgIpc) is 2.74. The summed E-state index contributed by atoms with van der Waals surface area (Å²) in [4.78, 5) is 14.3. The maximum atomic E-state index is 12.2. The fourth-order valence-corrected chi connectivity index (χ4v) is 3.13. The van der Waals surface area contributed by atoms with Crippen LogP contribution in [0.3, 0.4) is 0 Å². The molecule has 0 saturated heterocycles. The van der Waals surface area contributed by atoms with E-state index in [1.807, 2.05) is 24.3 Å². The standard InChI is InChI=1S/C19H21NO2/c1-20(15-8-11-17(22-2)12-9-15)19-13-16(21)10-7-14-5-3-4-6-18(14)19/h3-6,8-9,11-12,19H,7,10,13H2,1-2H3. The lowest BCUT2D eigenvalue weighted by atomic mass is 9.97. The van der Waals surface area contributed by atoms with Crippen molar-refractivity contribution in [1.82, 2.24) is 0 Å². The fourth-order valence-electron chi connectivity index (χ4n) is 3.13. The smallest absolute Gasteiger partial charge is 0.135 e. The summed E-state index contributed by atoms with van der Waals surface area (Å²) in [6.07, 6.45) is 2.06. The third-order valence-electron chi connectivity index (χ3n) is 4.46. The molecule has 0 N–H and O–H groups in total. The number of ketones is 1. The molecule has 1 aliphatic rings. The van der Waals surface area contributed by atoms with Crippen LogP contribution in [0.15, 0.2) is 48.5 Å². The van der Waals surface area contributed by atoms with Crippen molar-refractivity contribution in [1.29, 1.82) is 0 Å². The Morgan fingerprint density at radius 2 is 1.77 bits per heavy atom. The highest BCUT2D eigenvalue weighted by Crippen LogP contribution is 2.34. The van der Waals surface area contributed by atoms with Crippen LogP contribution in [0.5, 0.6) is 5.75 Å². The summed E-state index contributed by atoms with van der Waals surface area (Å²) >= 11 is 0. The first kappa shape index (κ1) is 14.6. The van der Waals surface area contributed by atoms with Crippen molar-refractivity contribution in [3.05, 3.63) is 59.7 Å². The largest absolute Gasteiger partial charge is 0.497 e. The Morgan fingerprint density at radius 1 is 1.05 bits per heavy atom. The molecule has 0 heterocycles. The number of benzene rings is 2. The predicted octanol–water partition coefficient (Wildman–Crippen LogP) is 3.78. The van der Waals surface area contributed by atoms with Crippen LogP contribution in [-0.4, -0.2) is 19.9 Å². The highest BCUT2D eigenvalue weighted by molar-refractivity contribution is 5.81. The number of hydrogen-bond acceptors (Lipinski definition) is 3. The van der Waals surface area contributed by atoms with Gasteiger partial charge >= 0.3 is 0 Å². The lowest BCUT2D eigenvalue weighted by molar-refractivity contribution is -0.119. The van der Waals surface area contributed by atoms with E-state index in [9.17, 15) is 4.79 Å². The van der Waals surface area contributed by atoms with E-state index in [0.29, 0.717) is 18.6 Å². The van der Waals surface area contributed by atoms with Crippen molar-refractivity contribution in [2.45, 2.75) is 25.3 Å². The molecule has 3 nitrogen and oxygen atoms in total. The highest BCUT2D eigenvalue weighted by atomic mass is 16.5. The van der Waals surface area contributed by atoms with Gasteiger partial charge in [-0.1, -0.05) is 24.3 Å². The van der Waals surface area contributed by atoms with E-state index in [0.717, 1.165) is 17.9 Å². The zero-order chi connectivity index (χ0) is 15.5. The van der Waals surface area contributed by atoms with Crippen LogP contribution in [0.1, 0.15) is 30.0 Å². The number of Topliss-reactive ketones (excluding diaryl/α,β-unsaturated/α-hetero) is 1. The topological polar surface area (TPSA) is 29.5 Å². The molecule has 1 atom stereocenters. The summed E-state index contributed by atoms with van der Waals surface area (Å²) in [7, 11) is 3.72. The molecule has 114 valence electrons. The lowest BCUT2D eigenvalue weighted by Gasteiger charge is -2.30. The zero-order valence-electron chi connectivity index (χ0n) is 13.1. The molecule has 0 bridgehead atoms. The lowest BCUT2D eigenvalue weighted by Crippen LogP contribution is -2.26. The number of ether oxygens (including phenoxy) is 1. The molecular formula is C19H21NO2. The normalized spacial score (nSPS) is 17.5. The molecule has 22 heavy (non-hydrogen) atoms. The van der Waals surface area contributed by atoms with Crippen LogP contribution >= 0.6 is 0 Å². The van der Waals surface area contributed by atoms with Gasteiger partial charge in [0.25, 0.3) is 0 Å². The third kappa shape index (κ3) is 2.84. The molecule has 0 fully saturated rings. The molecule has 0 amide bonds. The fraction of sp³-hybridized carbons (Fsp3) is 0.316. The van der Waals surface area contributed by atoms with Gasteiger partial charge in [0.2, 0.25) is 0 Å². The summed E-state index contributed by atoms with van der Waals surface area (Å²) in [5.74, 6) is 1.18. The molecule has 1 aliphatic carbocycles. The van der Waals surface area contributed by atoms with Crippen molar-refractivity contribution in [3.63, 3.8) is 0 Å². The zero-order valence-corrected chi connectivity index (χ0v) is 13.1. The Kier molecular flexibility index (Phi) is 4.14. The van der Waals surface area contributed by atoms with Gasteiger partial charge < -0.3 is 9.64 Å². The number of anilines is 1. The summed E-state index contributed by atoms with van der Waals surface area (Å²) in [5, 5.41) is 0. The first-order valence-electron chi connectivity index (χ1n) is 7.65. The SMILES string of the molecule is COc1ccc(N(C)C2CC(=O)CCc3ccccc32)cc1. The van der Waals surface area contributed by atoms with Crippen molar-refractivity contribution >= 4 is 11.5 Å². The van der Waals surface area contributed by atoms with Crippen LogP contribution in [-0.2, 0) is 11.2 Å². The van der Waals surface area contributed by atoms with Crippen molar-refractivity contribution in [2.75, 3.05) is 19.1 Å². The Morgan fingerprint density at radius 3 is 2.50 bits per heavy atom. The van der Waals surface area contributed by atoms with Gasteiger partial charge in [-0.25, -0.2) is 0 Å². The molecule has 3 rings (SSSR count). The Bertz CT molecular complexity index is 663. The molecule has 3 heteroatoms. The minimum Gasteiger partial charge on any atom is -0.497 e. The molecule has 0 spiro atoms. The summed E-state index contributed by atoms with van der Waals surface area (Å²) in [6, 6.07) is 16.5.